The number of hydrogen-bond donors (Lipinski definition) is 3. The van der Waals surface area contributed by atoms with Gasteiger partial charge in [-0.25, -0.2) is 13.6 Å². The molecule has 0 atom stereocenters. The van der Waals surface area contributed by atoms with E-state index in [-0.39, 0.29) is 4.90 Å². The van der Waals surface area contributed by atoms with Crippen molar-refractivity contribution in [3.05, 3.63) is 29.8 Å². The summed E-state index contributed by atoms with van der Waals surface area (Å²) in [5.41, 5.74) is 6.60. The molecule has 0 amide bonds. The molecule has 1 aliphatic rings. The number of rotatable bonds is 4. The summed E-state index contributed by atoms with van der Waals surface area (Å²) < 4.78 is 22.3. The van der Waals surface area contributed by atoms with Gasteiger partial charge in [-0.15, -0.1) is 0 Å². The van der Waals surface area contributed by atoms with Crippen LogP contribution in [0, 0.1) is 0 Å². The predicted molar refractivity (Wildman–Crippen MR) is 65.7 cm³/mol. The van der Waals surface area contributed by atoms with E-state index in [1.807, 2.05) is 6.07 Å². The Bertz CT molecular complexity index is 495. The molecule has 1 saturated carbocycles. The topological polar surface area (TPSA) is 98.2 Å². The van der Waals surface area contributed by atoms with Crippen LogP contribution < -0.4 is 16.2 Å². The average molecular weight is 255 g/mol. The van der Waals surface area contributed by atoms with E-state index in [2.05, 4.69) is 5.32 Å². The maximum Gasteiger partial charge on any atom is 0.238 e. The number of benzene rings is 1. The zero-order valence-electron chi connectivity index (χ0n) is 9.46. The highest BCUT2D eigenvalue weighted by atomic mass is 32.2. The molecular weight excluding hydrogens is 238 g/mol. The molecule has 0 heterocycles. The smallest absolute Gasteiger partial charge is 0.238 e. The van der Waals surface area contributed by atoms with Gasteiger partial charge in [-0.1, -0.05) is 12.1 Å². The third-order valence-electron chi connectivity index (χ3n) is 3.00. The van der Waals surface area contributed by atoms with Crippen LogP contribution >= 0.6 is 0 Å². The molecule has 94 valence electrons. The molecule has 17 heavy (non-hydrogen) atoms. The molecule has 0 spiro atoms. The maximum absolute atomic E-state index is 11.2. The predicted octanol–water partition coefficient (Wildman–Crippen LogP) is -0.0867. The zero-order valence-corrected chi connectivity index (χ0v) is 10.3. The number of nitrogens with two attached hydrogens (primary N) is 2. The Kier molecular flexibility index (Phi) is 3.48. The Hall–Kier alpha value is -0.950. The van der Waals surface area contributed by atoms with E-state index in [1.165, 1.54) is 6.07 Å². The lowest BCUT2D eigenvalue weighted by molar-refractivity contribution is 0.291. The Balaban J connectivity index is 1.97. The SMILES string of the molecule is NC1CC(NCc2cccc(S(N)(=O)=O)c2)C1. The van der Waals surface area contributed by atoms with Gasteiger partial charge in [-0.3, -0.25) is 0 Å². The second-order valence-corrected chi connectivity index (χ2v) is 6.06. The van der Waals surface area contributed by atoms with E-state index in [0.29, 0.717) is 18.6 Å². The molecule has 0 bridgehead atoms. The Labute approximate surface area is 101 Å². The van der Waals surface area contributed by atoms with Gasteiger partial charge in [-0.05, 0) is 30.5 Å². The third kappa shape index (κ3) is 3.26. The minimum Gasteiger partial charge on any atom is -0.328 e. The standard InChI is InChI=1S/C11H17N3O2S/c12-9-5-10(6-9)14-7-8-2-1-3-11(4-8)17(13,15)16/h1-4,9-10,14H,5-7,12H2,(H2,13,15,16). The highest BCUT2D eigenvalue weighted by Crippen LogP contribution is 2.18. The van der Waals surface area contributed by atoms with Gasteiger partial charge in [0.2, 0.25) is 10.0 Å². The molecule has 5 N–H and O–H groups in total. The second-order valence-electron chi connectivity index (χ2n) is 4.50. The molecule has 2 rings (SSSR count). The Morgan fingerprint density at radius 2 is 2.06 bits per heavy atom. The van der Waals surface area contributed by atoms with Crippen molar-refractivity contribution in [1.82, 2.24) is 5.32 Å². The van der Waals surface area contributed by atoms with Gasteiger partial charge in [0.25, 0.3) is 0 Å². The van der Waals surface area contributed by atoms with E-state index in [1.54, 1.807) is 12.1 Å². The molecule has 1 aliphatic carbocycles. The van der Waals surface area contributed by atoms with Crippen molar-refractivity contribution in [2.45, 2.75) is 36.4 Å². The summed E-state index contributed by atoms with van der Waals surface area (Å²) in [6.07, 6.45) is 1.96. The first-order chi connectivity index (χ1) is 7.95. The summed E-state index contributed by atoms with van der Waals surface area (Å²) in [6, 6.07) is 7.43. The van der Waals surface area contributed by atoms with Crippen LogP contribution in [0.25, 0.3) is 0 Å². The minimum absolute atomic E-state index is 0.155. The van der Waals surface area contributed by atoms with Crippen molar-refractivity contribution in [3.63, 3.8) is 0 Å². The van der Waals surface area contributed by atoms with Crippen molar-refractivity contribution in [3.8, 4) is 0 Å². The fraction of sp³-hybridized carbons (Fsp3) is 0.455. The highest BCUT2D eigenvalue weighted by Gasteiger charge is 2.24. The molecule has 5 nitrogen and oxygen atoms in total. The molecule has 6 heteroatoms. The van der Waals surface area contributed by atoms with Crippen molar-refractivity contribution < 1.29 is 8.42 Å². The molecule has 1 fully saturated rings. The molecule has 0 aliphatic heterocycles. The molecular formula is C11H17N3O2S. The van der Waals surface area contributed by atoms with Crippen molar-refractivity contribution in [2.24, 2.45) is 10.9 Å². The summed E-state index contributed by atoms with van der Waals surface area (Å²) in [4.78, 5) is 0.155. The van der Waals surface area contributed by atoms with Crippen LogP contribution in [0.5, 0.6) is 0 Å². The van der Waals surface area contributed by atoms with Crippen LogP contribution in [-0.4, -0.2) is 20.5 Å². The van der Waals surface area contributed by atoms with E-state index in [0.717, 1.165) is 18.4 Å². The van der Waals surface area contributed by atoms with Crippen molar-refractivity contribution in [1.29, 1.82) is 0 Å². The van der Waals surface area contributed by atoms with E-state index in [9.17, 15) is 8.42 Å². The van der Waals surface area contributed by atoms with Gasteiger partial charge in [0.15, 0.2) is 0 Å². The van der Waals surface area contributed by atoms with Gasteiger partial charge in [-0.2, -0.15) is 0 Å². The van der Waals surface area contributed by atoms with Crippen LogP contribution in [-0.2, 0) is 16.6 Å². The number of sulfonamides is 1. The lowest BCUT2D eigenvalue weighted by atomic mass is 9.87. The first-order valence-electron chi connectivity index (χ1n) is 5.56. The molecule has 1 aromatic carbocycles. The lowest BCUT2D eigenvalue weighted by Crippen LogP contribution is -2.48. The summed E-state index contributed by atoms with van der Waals surface area (Å²) >= 11 is 0. The van der Waals surface area contributed by atoms with Crippen LogP contribution in [0.2, 0.25) is 0 Å². The number of nitrogens with one attached hydrogen (secondary N) is 1. The van der Waals surface area contributed by atoms with Crippen molar-refractivity contribution >= 4 is 10.0 Å². The molecule has 1 aromatic rings. The first kappa shape index (κ1) is 12.5. The van der Waals surface area contributed by atoms with Crippen molar-refractivity contribution in [2.75, 3.05) is 0 Å². The highest BCUT2D eigenvalue weighted by molar-refractivity contribution is 7.89. The summed E-state index contributed by atoms with van der Waals surface area (Å²) in [7, 11) is -3.61. The molecule has 0 aromatic heterocycles. The largest absolute Gasteiger partial charge is 0.328 e. The molecule has 0 saturated heterocycles. The van der Waals surface area contributed by atoms with Crippen LogP contribution in [0.1, 0.15) is 18.4 Å². The van der Waals surface area contributed by atoms with E-state index in [4.69, 9.17) is 10.9 Å². The number of primary sulfonamides is 1. The minimum atomic E-state index is -3.61. The summed E-state index contributed by atoms with van der Waals surface area (Å²) in [5.74, 6) is 0. The fourth-order valence-electron chi connectivity index (χ4n) is 1.92. The monoisotopic (exact) mass is 255 g/mol. The average Bonchev–Trinajstić information content (AvgIpc) is 2.22. The second kappa shape index (κ2) is 4.73. The summed E-state index contributed by atoms with van der Waals surface area (Å²) in [5, 5.41) is 8.40. The van der Waals surface area contributed by atoms with Gasteiger partial charge in [0.05, 0.1) is 4.90 Å². The Morgan fingerprint density at radius 1 is 1.35 bits per heavy atom. The van der Waals surface area contributed by atoms with Gasteiger partial charge >= 0.3 is 0 Å². The number of hydrogen-bond acceptors (Lipinski definition) is 4. The fourth-order valence-corrected chi connectivity index (χ4v) is 2.51. The van der Waals surface area contributed by atoms with Gasteiger partial charge in [0.1, 0.15) is 0 Å². The van der Waals surface area contributed by atoms with Crippen LogP contribution in [0.3, 0.4) is 0 Å². The Morgan fingerprint density at radius 3 is 2.65 bits per heavy atom. The molecule has 0 radical (unpaired) electrons. The van der Waals surface area contributed by atoms with Gasteiger partial charge < -0.3 is 11.1 Å². The lowest BCUT2D eigenvalue weighted by Gasteiger charge is -2.33. The van der Waals surface area contributed by atoms with E-state index < -0.39 is 10.0 Å². The van der Waals surface area contributed by atoms with E-state index >= 15 is 0 Å². The van der Waals surface area contributed by atoms with Crippen LogP contribution in [0.15, 0.2) is 29.2 Å². The quantitative estimate of drug-likeness (QED) is 0.700. The molecule has 0 unspecified atom stereocenters. The normalized spacial score (nSPS) is 24.4. The van der Waals surface area contributed by atoms with Crippen LogP contribution in [0.4, 0.5) is 0 Å². The summed E-state index contributed by atoms with van der Waals surface area (Å²) in [6.45, 7) is 0.640. The van der Waals surface area contributed by atoms with Gasteiger partial charge in [0, 0.05) is 18.6 Å². The zero-order chi connectivity index (χ0) is 12.5. The maximum atomic E-state index is 11.2. The first-order valence-corrected chi connectivity index (χ1v) is 7.10. The third-order valence-corrected chi connectivity index (χ3v) is 3.91.